The second kappa shape index (κ2) is 5.84. The molecule has 1 aromatic heterocycles. The van der Waals surface area contributed by atoms with Gasteiger partial charge in [0.05, 0.1) is 0 Å². The maximum absolute atomic E-state index is 5.32. The number of nitrogens with zero attached hydrogens (tertiary/aromatic N) is 2. The molecule has 1 aromatic carbocycles. The van der Waals surface area contributed by atoms with E-state index in [-0.39, 0.29) is 0 Å². The van der Waals surface area contributed by atoms with Crippen molar-refractivity contribution >= 4 is 15.9 Å². The lowest BCUT2D eigenvalue weighted by atomic mass is 10.0. The molecule has 1 N–H and O–H groups in total. The van der Waals surface area contributed by atoms with Crippen molar-refractivity contribution in [3.63, 3.8) is 0 Å². The van der Waals surface area contributed by atoms with Gasteiger partial charge in [-0.3, -0.25) is 0 Å². The van der Waals surface area contributed by atoms with Crippen LogP contribution >= 0.6 is 15.9 Å². The molecule has 3 rings (SSSR count). The number of nitrogens with one attached hydrogen (secondary N) is 1. The van der Waals surface area contributed by atoms with Gasteiger partial charge >= 0.3 is 0 Å². The van der Waals surface area contributed by atoms with Crippen LogP contribution in [0, 0.1) is 5.92 Å². The topological polar surface area (TPSA) is 51.0 Å². The van der Waals surface area contributed by atoms with Gasteiger partial charge in [-0.2, -0.15) is 4.98 Å². The van der Waals surface area contributed by atoms with Crippen LogP contribution in [0.4, 0.5) is 0 Å². The van der Waals surface area contributed by atoms with Crippen LogP contribution in [0.25, 0.3) is 11.4 Å². The van der Waals surface area contributed by atoms with Crippen molar-refractivity contribution in [3.05, 3.63) is 34.6 Å². The lowest BCUT2D eigenvalue weighted by molar-refractivity contribution is 0.365. The van der Waals surface area contributed by atoms with Crippen molar-refractivity contribution in [2.24, 2.45) is 5.92 Å². The fraction of sp³-hybridized carbons (Fsp3) is 0.429. The Balaban J connectivity index is 1.63. The highest BCUT2D eigenvalue weighted by Crippen LogP contribution is 2.20. The second-order valence-electron chi connectivity index (χ2n) is 4.92. The molecule has 2 aromatic rings. The molecule has 0 saturated carbocycles. The molecule has 5 heteroatoms. The molecular formula is C14H16BrN3O. The molecule has 1 unspecified atom stereocenters. The Morgan fingerprint density at radius 3 is 2.89 bits per heavy atom. The van der Waals surface area contributed by atoms with Crippen molar-refractivity contribution in [1.82, 2.24) is 15.5 Å². The molecule has 19 heavy (non-hydrogen) atoms. The Kier molecular flexibility index (Phi) is 3.94. The van der Waals surface area contributed by atoms with Crippen molar-refractivity contribution in [3.8, 4) is 11.4 Å². The van der Waals surface area contributed by atoms with Crippen LogP contribution < -0.4 is 5.32 Å². The van der Waals surface area contributed by atoms with Gasteiger partial charge in [0.1, 0.15) is 0 Å². The number of hydrogen-bond donors (Lipinski definition) is 1. The van der Waals surface area contributed by atoms with Crippen LogP contribution in [0.5, 0.6) is 0 Å². The Hall–Kier alpha value is -1.20. The number of aryl methyl sites for hydroxylation is 1. The van der Waals surface area contributed by atoms with Gasteiger partial charge in [-0.15, -0.1) is 0 Å². The SMILES string of the molecule is Brc1ccc(-c2noc(CCC3CCNC3)n2)cc1. The van der Waals surface area contributed by atoms with Gasteiger partial charge in [0.15, 0.2) is 0 Å². The van der Waals surface area contributed by atoms with E-state index in [1.807, 2.05) is 24.3 Å². The van der Waals surface area contributed by atoms with Gasteiger partial charge in [-0.25, -0.2) is 0 Å². The highest BCUT2D eigenvalue weighted by molar-refractivity contribution is 9.10. The number of rotatable bonds is 4. The van der Waals surface area contributed by atoms with Gasteiger partial charge in [0.25, 0.3) is 0 Å². The van der Waals surface area contributed by atoms with E-state index < -0.39 is 0 Å². The Labute approximate surface area is 120 Å². The molecule has 0 amide bonds. The number of halogens is 1. The summed E-state index contributed by atoms with van der Waals surface area (Å²) in [4.78, 5) is 4.46. The summed E-state index contributed by atoms with van der Waals surface area (Å²) in [6, 6.07) is 7.93. The van der Waals surface area contributed by atoms with E-state index in [0.29, 0.717) is 5.82 Å². The summed E-state index contributed by atoms with van der Waals surface area (Å²) in [6.45, 7) is 2.26. The van der Waals surface area contributed by atoms with Gasteiger partial charge in [-0.1, -0.05) is 21.1 Å². The Morgan fingerprint density at radius 1 is 1.32 bits per heavy atom. The van der Waals surface area contributed by atoms with Crippen LogP contribution in [0.1, 0.15) is 18.7 Å². The van der Waals surface area contributed by atoms with Crippen molar-refractivity contribution < 1.29 is 4.52 Å². The first-order chi connectivity index (χ1) is 9.31. The second-order valence-corrected chi connectivity index (χ2v) is 5.83. The first kappa shape index (κ1) is 12.8. The summed E-state index contributed by atoms with van der Waals surface area (Å²) < 4.78 is 6.37. The fourth-order valence-electron chi connectivity index (χ4n) is 2.36. The zero-order valence-corrected chi connectivity index (χ0v) is 12.2. The lowest BCUT2D eigenvalue weighted by Crippen LogP contribution is -2.09. The molecule has 0 bridgehead atoms. The van der Waals surface area contributed by atoms with Crippen molar-refractivity contribution in [1.29, 1.82) is 0 Å². The zero-order chi connectivity index (χ0) is 13.1. The highest BCUT2D eigenvalue weighted by atomic mass is 79.9. The van der Waals surface area contributed by atoms with E-state index in [0.717, 1.165) is 47.8 Å². The Bertz CT molecular complexity index is 532. The molecule has 1 saturated heterocycles. The number of hydrogen-bond acceptors (Lipinski definition) is 4. The summed E-state index contributed by atoms with van der Waals surface area (Å²) >= 11 is 3.42. The standard InChI is InChI=1S/C14H16BrN3O/c15-12-4-2-11(3-5-12)14-17-13(19-18-14)6-1-10-7-8-16-9-10/h2-5,10,16H,1,6-9H2. The first-order valence-electron chi connectivity index (χ1n) is 6.60. The molecule has 1 aliphatic rings. The third kappa shape index (κ3) is 3.22. The molecule has 4 nitrogen and oxygen atoms in total. The van der Waals surface area contributed by atoms with Gasteiger partial charge in [-0.05, 0) is 56.1 Å². The number of aromatic nitrogens is 2. The van der Waals surface area contributed by atoms with E-state index >= 15 is 0 Å². The average molecular weight is 322 g/mol. The van der Waals surface area contributed by atoms with E-state index in [1.54, 1.807) is 0 Å². The normalized spacial score (nSPS) is 18.9. The summed E-state index contributed by atoms with van der Waals surface area (Å²) in [6.07, 6.45) is 3.25. The molecule has 100 valence electrons. The van der Waals surface area contributed by atoms with Crippen LogP contribution in [0.15, 0.2) is 33.3 Å². The van der Waals surface area contributed by atoms with Gasteiger partial charge in [0, 0.05) is 16.5 Å². The summed E-state index contributed by atoms with van der Waals surface area (Å²) in [5.74, 6) is 2.17. The van der Waals surface area contributed by atoms with E-state index in [1.165, 1.54) is 6.42 Å². The quantitative estimate of drug-likeness (QED) is 0.940. The van der Waals surface area contributed by atoms with Crippen LogP contribution in [0.2, 0.25) is 0 Å². The molecule has 1 atom stereocenters. The lowest BCUT2D eigenvalue weighted by Gasteiger charge is -2.03. The third-order valence-electron chi connectivity index (χ3n) is 3.50. The minimum absolute atomic E-state index is 0.673. The van der Waals surface area contributed by atoms with Crippen LogP contribution in [-0.2, 0) is 6.42 Å². The maximum Gasteiger partial charge on any atom is 0.226 e. The van der Waals surface area contributed by atoms with E-state index in [4.69, 9.17) is 4.52 Å². The Morgan fingerprint density at radius 2 is 2.16 bits per heavy atom. The molecule has 1 fully saturated rings. The molecular weight excluding hydrogens is 306 g/mol. The molecule has 0 radical (unpaired) electrons. The predicted molar refractivity (Wildman–Crippen MR) is 76.7 cm³/mol. The largest absolute Gasteiger partial charge is 0.339 e. The van der Waals surface area contributed by atoms with Gasteiger partial charge in [0.2, 0.25) is 11.7 Å². The van der Waals surface area contributed by atoms with E-state index in [2.05, 4.69) is 31.4 Å². The molecule has 0 spiro atoms. The monoisotopic (exact) mass is 321 g/mol. The minimum atomic E-state index is 0.673. The third-order valence-corrected chi connectivity index (χ3v) is 4.03. The van der Waals surface area contributed by atoms with Crippen molar-refractivity contribution in [2.75, 3.05) is 13.1 Å². The van der Waals surface area contributed by atoms with Crippen LogP contribution in [-0.4, -0.2) is 23.2 Å². The van der Waals surface area contributed by atoms with Crippen molar-refractivity contribution in [2.45, 2.75) is 19.3 Å². The van der Waals surface area contributed by atoms with Crippen LogP contribution in [0.3, 0.4) is 0 Å². The molecule has 2 heterocycles. The zero-order valence-electron chi connectivity index (χ0n) is 10.6. The molecule has 1 aliphatic heterocycles. The van der Waals surface area contributed by atoms with Gasteiger partial charge < -0.3 is 9.84 Å². The summed E-state index contributed by atoms with van der Waals surface area (Å²) in [5, 5.41) is 7.42. The summed E-state index contributed by atoms with van der Waals surface area (Å²) in [5.41, 5.74) is 0.987. The highest BCUT2D eigenvalue weighted by Gasteiger charge is 2.16. The minimum Gasteiger partial charge on any atom is -0.339 e. The molecule has 0 aliphatic carbocycles. The van der Waals surface area contributed by atoms with E-state index in [9.17, 15) is 0 Å². The predicted octanol–water partition coefficient (Wildman–Crippen LogP) is 3.04. The maximum atomic E-state index is 5.32. The summed E-state index contributed by atoms with van der Waals surface area (Å²) in [7, 11) is 0. The smallest absolute Gasteiger partial charge is 0.226 e. The number of benzene rings is 1. The first-order valence-corrected chi connectivity index (χ1v) is 7.40. The average Bonchev–Trinajstić information content (AvgIpc) is 3.09. The fourth-order valence-corrected chi connectivity index (χ4v) is 2.63.